The summed E-state index contributed by atoms with van der Waals surface area (Å²) in [4.78, 5) is 12.5. The second kappa shape index (κ2) is 7.67. The third-order valence-corrected chi connectivity index (χ3v) is 5.98. The Kier molecular flexibility index (Phi) is 4.50. The lowest BCUT2D eigenvalue weighted by Crippen LogP contribution is -1.94. The molecule has 1 aromatic carbocycles. The van der Waals surface area contributed by atoms with Crippen LogP contribution in [0.25, 0.3) is 39.3 Å². The van der Waals surface area contributed by atoms with Crippen LogP contribution in [0, 0.1) is 5.82 Å². The highest BCUT2D eigenvalue weighted by Crippen LogP contribution is 2.36. The van der Waals surface area contributed by atoms with Gasteiger partial charge in [-0.2, -0.15) is 5.10 Å². The number of aromatic nitrogens is 5. The maximum atomic E-state index is 14.7. The molecule has 4 heterocycles. The quantitative estimate of drug-likeness (QED) is 0.362. The lowest BCUT2D eigenvalue weighted by molar-refractivity contribution is 0.624. The number of fused-ring (bicyclic) bond motifs is 2. The Morgan fingerprint density at radius 3 is 2.67 bits per heavy atom. The average molecular weight is 433 g/mol. The second-order valence-corrected chi connectivity index (χ2v) is 8.23. The molecule has 0 unspecified atom stereocenters. The van der Waals surface area contributed by atoms with Crippen molar-refractivity contribution in [2.45, 2.75) is 13.3 Å². The summed E-state index contributed by atoms with van der Waals surface area (Å²) in [7, 11) is 0. The van der Waals surface area contributed by atoms with Gasteiger partial charge < -0.3 is 4.98 Å². The molecule has 4 aromatic heterocycles. The lowest BCUT2D eigenvalue weighted by Gasteiger charge is -2.08. The fraction of sp³-hybridized carbons (Fsp3) is 0.0741. The van der Waals surface area contributed by atoms with Crippen LogP contribution in [0.15, 0.2) is 84.7 Å². The van der Waals surface area contributed by atoms with Gasteiger partial charge in [0.1, 0.15) is 5.82 Å². The monoisotopic (exact) mass is 433 g/mol. The Balaban J connectivity index is 1.50. The molecule has 0 saturated carbocycles. The minimum Gasteiger partial charge on any atom is -0.356 e. The van der Waals surface area contributed by atoms with Gasteiger partial charge in [-0.25, -0.2) is 9.37 Å². The number of rotatable bonds is 3. The summed E-state index contributed by atoms with van der Waals surface area (Å²) in [5.74, 6) is -0.235. The molecule has 0 atom stereocenters. The topological polar surface area (TPSA) is 70.2 Å². The molecule has 6 rings (SSSR count). The molecule has 2 N–H and O–H groups in total. The van der Waals surface area contributed by atoms with Crippen LogP contribution >= 0.6 is 0 Å². The molecule has 33 heavy (non-hydrogen) atoms. The second-order valence-electron chi connectivity index (χ2n) is 8.23. The summed E-state index contributed by atoms with van der Waals surface area (Å²) >= 11 is 0. The highest BCUT2D eigenvalue weighted by atomic mass is 19.1. The van der Waals surface area contributed by atoms with Gasteiger partial charge in [-0.3, -0.25) is 10.1 Å². The first-order chi connectivity index (χ1) is 16.2. The SMILES string of the molecule is CC1=CC=C(c2ccccc2F)c2cc(-c3[nH]nc4ncc(-c5ccccn5)cc34)[nH]c2C1. The van der Waals surface area contributed by atoms with Crippen molar-refractivity contribution >= 4 is 16.6 Å². The molecule has 0 aliphatic heterocycles. The van der Waals surface area contributed by atoms with Crippen molar-refractivity contribution in [3.8, 4) is 22.6 Å². The first kappa shape index (κ1) is 19.4. The van der Waals surface area contributed by atoms with E-state index in [0.29, 0.717) is 11.2 Å². The fourth-order valence-electron chi connectivity index (χ4n) is 4.36. The van der Waals surface area contributed by atoms with Crippen molar-refractivity contribution in [2.24, 2.45) is 0 Å². The standard InChI is InChI=1S/C27H20FN5/c1-16-9-10-18(19-6-2-3-7-22(19)28)20-14-25(31-24(20)12-16)26-21-13-17(15-30-27(21)33-32-26)23-8-4-5-11-29-23/h2-11,13-15,31H,12H2,1H3,(H,30,32,33). The van der Waals surface area contributed by atoms with Crippen LogP contribution in [-0.4, -0.2) is 25.1 Å². The van der Waals surface area contributed by atoms with Gasteiger partial charge in [-0.05, 0) is 42.8 Å². The first-order valence-corrected chi connectivity index (χ1v) is 10.8. The van der Waals surface area contributed by atoms with Crippen molar-refractivity contribution in [2.75, 3.05) is 0 Å². The number of hydrogen-bond acceptors (Lipinski definition) is 3. The molecule has 0 radical (unpaired) electrons. The minimum absolute atomic E-state index is 0.235. The molecule has 5 nitrogen and oxygen atoms in total. The van der Waals surface area contributed by atoms with E-state index in [1.54, 1.807) is 18.5 Å². The number of allylic oxidation sites excluding steroid dienone is 3. The predicted molar refractivity (Wildman–Crippen MR) is 128 cm³/mol. The van der Waals surface area contributed by atoms with Crippen molar-refractivity contribution in [3.63, 3.8) is 0 Å². The molecular formula is C27H20FN5. The van der Waals surface area contributed by atoms with Crippen LogP contribution in [0.1, 0.15) is 23.7 Å². The average Bonchev–Trinajstić information content (AvgIpc) is 3.41. The molecule has 0 fully saturated rings. The highest BCUT2D eigenvalue weighted by molar-refractivity contribution is 5.94. The first-order valence-electron chi connectivity index (χ1n) is 10.8. The third kappa shape index (κ3) is 3.36. The Morgan fingerprint density at radius 1 is 0.939 bits per heavy atom. The normalized spacial score (nSPS) is 13.4. The predicted octanol–water partition coefficient (Wildman–Crippen LogP) is 6.09. The molecule has 0 amide bonds. The van der Waals surface area contributed by atoms with E-state index in [9.17, 15) is 4.39 Å². The van der Waals surface area contributed by atoms with Crippen molar-refractivity contribution in [3.05, 3.63) is 107 Å². The van der Waals surface area contributed by atoms with E-state index in [0.717, 1.165) is 51.3 Å². The molecule has 6 heteroatoms. The van der Waals surface area contributed by atoms with Gasteiger partial charge in [0.25, 0.3) is 0 Å². The van der Waals surface area contributed by atoms with Gasteiger partial charge in [-0.15, -0.1) is 0 Å². The van der Waals surface area contributed by atoms with E-state index >= 15 is 0 Å². The maximum absolute atomic E-state index is 14.7. The lowest BCUT2D eigenvalue weighted by atomic mass is 9.97. The molecule has 0 spiro atoms. The van der Waals surface area contributed by atoms with Crippen molar-refractivity contribution in [1.29, 1.82) is 0 Å². The van der Waals surface area contributed by atoms with E-state index in [-0.39, 0.29) is 5.82 Å². The van der Waals surface area contributed by atoms with Gasteiger partial charge >= 0.3 is 0 Å². The van der Waals surface area contributed by atoms with Gasteiger partial charge in [0.2, 0.25) is 0 Å². The number of pyridine rings is 2. The molecule has 0 saturated heterocycles. The maximum Gasteiger partial charge on any atom is 0.181 e. The molecule has 1 aliphatic rings. The van der Waals surface area contributed by atoms with Crippen LogP contribution in [0.3, 0.4) is 0 Å². The number of halogens is 1. The Labute approximate surface area is 189 Å². The zero-order valence-corrected chi connectivity index (χ0v) is 17.9. The van der Waals surface area contributed by atoms with Gasteiger partial charge in [0.15, 0.2) is 5.65 Å². The summed E-state index contributed by atoms with van der Waals surface area (Å²) in [5.41, 5.74) is 8.82. The van der Waals surface area contributed by atoms with Gasteiger partial charge in [0.05, 0.1) is 17.1 Å². The smallest absolute Gasteiger partial charge is 0.181 e. The number of nitrogens with one attached hydrogen (secondary N) is 2. The number of benzene rings is 1. The van der Waals surface area contributed by atoms with E-state index in [4.69, 9.17) is 0 Å². The summed E-state index contributed by atoms with van der Waals surface area (Å²) in [5, 5.41) is 8.44. The number of hydrogen-bond donors (Lipinski definition) is 2. The minimum atomic E-state index is -0.235. The third-order valence-electron chi connectivity index (χ3n) is 5.98. The van der Waals surface area contributed by atoms with E-state index in [1.165, 1.54) is 11.6 Å². The Hall–Kier alpha value is -4.32. The summed E-state index contributed by atoms with van der Waals surface area (Å²) < 4.78 is 14.7. The van der Waals surface area contributed by atoms with Crippen molar-refractivity contribution in [1.82, 2.24) is 25.1 Å². The van der Waals surface area contributed by atoms with Crippen LogP contribution in [0.4, 0.5) is 4.39 Å². The summed E-state index contributed by atoms with van der Waals surface area (Å²) in [6.45, 7) is 2.08. The van der Waals surface area contributed by atoms with Gasteiger partial charge in [-0.1, -0.05) is 42.0 Å². The number of nitrogens with zero attached hydrogens (tertiary/aromatic N) is 3. The van der Waals surface area contributed by atoms with Gasteiger partial charge in [0, 0.05) is 46.6 Å². The number of H-pyrrole nitrogens is 2. The van der Waals surface area contributed by atoms with Crippen LogP contribution in [0.5, 0.6) is 0 Å². The molecule has 160 valence electrons. The summed E-state index contributed by atoms with van der Waals surface area (Å²) in [6.07, 6.45) is 8.37. The zero-order valence-electron chi connectivity index (χ0n) is 17.9. The summed E-state index contributed by atoms with van der Waals surface area (Å²) in [6, 6.07) is 16.8. The van der Waals surface area contributed by atoms with Crippen LogP contribution < -0.4 is 0 Å². The van der Waals surface area contributed by atoms with Crippen molar-refractivity contribution < 1.29 is 4.39 Å². The Bertz CT molecular complexity index is 1560. The Morgan fingerprint density at radius 2 is 1.82 bits per heavy atom. The molecule has 1 aliphatic carbocycles. The molecular weight excluding hydrogens is 413 g/mol. The van der Waals surface area contributed by atoms with E-state index in [1.807, 2.05) is 42.5 Å². The van der Waals surface area contributed by atoms with E-state index < -0.39 is 0 Å². The molecule has 0 bridgehead atoms. The largest absolute Gasteiger partial charge is 0.356 e. The van der Waals surface area contributed by atoms with Crippen LogP contribution in [-0.2, 0) is 6.42 Å². The van der Waals surface area contributed by atoms with E-state index in [2.05, 4.69) is 44.2 Å². The highest BCUT2D eigenvalue weighted by Gasteiger charge is 2.21. The number of aromatic amines is 2. The molecule has 5 aromatic rings. The fourth-order valence-corrected chi connectivity index (χ4v) is 4.36. The zero-order chi connectivity index (χ0) is 22.4. The van der Waals surface area contributed by atoms with Crippen LogP contribution in [0.2, 0.25) is 0 Å².